The molecule has 2 aliphatic rings. The summed E-state index contributed by atoms with van der Waals surface area (Å²) in [4.78, 5) is 0. The third-order valence-corrected chi connectivity index (χ3v) is 6.24. The van der Waals surface area contributed by atoms with Crippen LogP contribution in [0.3, 0.4) is 0 Å². The van der Waals surface area contributed by atoms with Crippen LogP contribution in [-0.4, -0.2) is 39.7 Å². The number of hydrogen-bond acceptors (Lipinski definition) is 5. The Hall–Kier alpha value is -1.27. The van der Waals surface area contributed by atoms with Crippen LogP contribution in [0.15, 0.2) is 18.2 Å². The Morgan fingerprint density at radius 1 is 1.33 bits per heavy atom. The van der Waals surface area contributed by atoms with E-state index >= 15 is 0 Å². The quantitative estimate of drug-likeness (QED) is 0.900. The summed E-state index contributed by atoms with van der Waals surface area (Å²) in [6, 6.07) is 6.02. The maximum absolute atomic E-state index is 11.7. The van der Waals surface area contributed by atoms with Gasteiger partial charge in [-0.25, -0.2) is 8.42 Å². The van der Waals surface area contributed by atoms with E-state index in [-0.39, 0.29) is 23.1 Å². The van der Waals surface area contributed by atoms with Crippen molar-refractivity contribution in [1.82, 2.24) is 5.32 Å². The van der Waals surface area contributed by atoms with E-state index in [0.29, 0.717) is 12.8 Å². The van der Waals surface area contributed by atoms with Gasteiger partial charge in [-0.3, -0.25) is 0 Å². The molecule has 1 aromatic carbocycles. The largest absolute Gasteiger partial charge is 0.497 e. The average molecular weight is 311 g/mol. The van der Waals surface area contributed by atoms with Crippen LogP contribution in [0.4, 0.5) is 0 Å². The van der Waals surface area contributed by atoms with Crippen LogP contribution in [0, 0.1) is 0 Å². The van der Waals surface area contributed by atoms with E-state index in [4.69, 9.17) is 9.47 Å². The highest BCUT2D eigenvalue weighted by atomic mass is 32.2. The van der Waals surface area contributed by atoms with Crippen LogP contribution < -0.4 is 14.8 Å². The number of sulfone groups is 1. The molecule has 0 aromatic heterocycles. The lowest BCUT2D eigenvalue weighted by Gasteiger charge is -2.44. The fourth-order valence-electron chi connectivity index (χ4n) is 3.25. The van der Waals surface area contributed by atoms with Crippen molar-refractivity contribution in [3.8, 4) is 11.5 Å². The number of rotatable bonds is 2. The number of methoxy groups -OCH3 is 1. The second-order valence-electron chi connectivity index (χ2n) is 5.89. The molecule has 1 unspecified atom stereocenters. The van der Waals surface area contributed by atoms with E-state index in [0.717, 1.165) is 23.5 Å². The highest BCUT2D eigenvalue weighted by molar-refractivity contribution is 7.91. The second kappa shape index (κ2) is 5.18. The van der Waals surface area contributed by atoms with Crippen molar-refractivity contribution in [3.05, 3.63) is 23.8 Å². The van der Waals surface area contributed by atoms with Crippen LogP contribution >= 0.6 is 0 Å². The van der Waals surface area contributed by atoms with E-state index < -0.39 is 9.84 Å². The molecular formula is C15H21NO4S. The first-order chi connectivity index (χ1) is 9.97. The van der Waals surface area contributed by atoms with Gasteiger partial charge in [-0.05, 0) is 13.1 Å². The Morgan fingerprint density at radius 3 is 2.67 bits per heavy atom. The van der Waals surface area contributed by atoms with Crippen LogP contribution in [0.25, 0.3) is 0 Å². The predicted molar refractivity (Wildman–Crippen MR) is 80.7 cm³/mol. The summed E-state index contributed by atoms with van der Waals surface area (Å²) in [5.74, 6) is 1.98. The summed E-state index contributed by atoms with van der Waals surface area (Å²) in [6.07, 6.45) is 1.92. The van der Waals surface area contributed by atoms with Gasteiger partial charge >= 0.3 is 0 Å². The van der Waals surface area contributed by atoms with Crippen molar-refractivity contribution in [2.45, 2.75) is 30.9 Å². The summed E-state index contributed by atoms with van der Waals surface area (Å²) >= 11 is 0. The van der Waals surface area contributed by atoms with Crippen molar-refractivity contribution in [1.29, 1.82) is 0 Å². The van der Waals surface area contributed by atoms with Gasteiger partial charge in [0.1, 0.15) is 17.1 Å². The molecule has 5 nitrogen and oxygen atoms in total. The molecule has 0 bridgehead atoms. The third-order valence-electron chi connectivity index (χ3n) is 4.58. The van der Waals surface area contributed by atoms with Crippen molar-refractivity contribution in [2.24, 2.45) is 0 Å². The monoisotopic (exact) mass is 311 g/mol. The average Bonchev–Trinajstić information content (AvgIpc) is 2.49. The van der Waals surface area contributed by atoms with Gasteiger partial charge < -0.3 is 14.8 Å². The van der Waals surface area contributed by atoms with Crippen LogP contribution in [-0.2, 0) is 9.84 Å². The van der Waals surface area contributed by atoms with Crippen LogP contribution in [0.1, 0.15) is 30.9 Å². The fourth-order valence-corrected chi connectivity index (χ4v) is 4.82. The molecule has 116 valence electrons. The lowest BCUT2D eigenvalue weighted by molar-refractivity contribution is 0.0219. The summed E-state index contributed by atoms with van der Waals surface area (Å²) in [5.41, 5.74) is 0.732. The molecular weight excluding hydrogens is 290 g/mol. The number of nitrogens with one attached hydrogen (secondary N) is 1. The molecule has 3 rings (SSSR count). The molecule has 1 atom stereocenters. The molecule has 21 heavy (non-hydrogen) atoms. The first-order valence-corrected chi connectivity index (χ1v) is 9.04. The molecule has 1 N–H and O–H groups in total. The van der Waals surface area contributed by atoms with Crippen molar-refractivity contribution >= 4 is 9.84 Å². The summed E-state index contributed by atoms with van der Waals surface area (Å²) in [7, 11) is 0.658. The highest BCUT2D eigenvalue weighted by Gasteiger charge is 2.44. The van der Waals surface area contributed by atoms with Gasteiger partial charge in [0, 0.05) is 36.9 Å². The van der Waals surface area contributed by atoms with Crippen molar-refractivity contribution in [2.75, 3.05) is 25.7 Å². The van der Waals surface area contributed by atoms with E-state index in [1.54, 1.807) is 7.11 Å². The zero-order valence-electron chi connectivity index (χ0n) is 12.4. The molecule has 0 saturated carbocycles. The number of hydrogen-bond donors (Lipinski definition) is 1. The third kappa shape index (κ3) is 2.74. The Morgan fingerprint density at radius 2 is 2.05 bits per heavy atom. The number of fused-ring (bicyclic) bond motifs is 1. The number of benzene rings is 1. The molecule has 2 heterocycles. The molecule has 0 aliphatic carbocycles. The zero-order chi connectivity index (χ0) is 15.1. The van der Waals surface area contributed by atoms with Gasteiger partial charge in [-0.1, -0.05) is 6.07 Å². The highest BCUT2D eigenvalue weighted by Crippen LogP contribution is 2.45. The van der Waals surface area contributed by atoms with E-state index in [9.17, 15) is 8.42 Å². The van der Waals surface area contributed by atoms with Crippen LogP contribution in [0.5, 0.6) is 11.5 Å². The Labute approximate surface area is 125 Å². The minimum atomic E-state index is -2.90. The smallest absolute Gasteiger partial charge is 0.150 e. The van der Waals surface area contributed by atoms with Gasteiger partial charge in [0.2, 0.25) is 0 Å². The normalized spacial score (nSPS) is 25.9. The summed E-state index contributed by atoms with van der Waals surface area (Å²) in [6.45, 7) is 0. The predicted octanol–water partition coefficient (Wildman–Crippen LogP) is 1.69. The Kier molecular flexibility index (Phi) is 3.61. The molecule has 2 aliphatic heterocycles. The molecule has 1 fully saturated rings. The summed E-state index contributed by atoms with van der Waals surface area (Å²) in [5, 5.41) is 3.32. The molecule has 1 aromatic rings. The molecule has 6 heteroatoms. The maximum Gasteiger partial charge on any atom is 0.150 e. The van der Waals surface area contributed by atoms with Gasteiger partial charge in [0.05, 0.1) is 18.6 Å². The van der Waals surface area contributed by atoms with Crippen molar-refractivity contribution < 1.29 is 17.9 Å². The topological polar surface area (TPSA) is 64.6 Å². The zero-order valence-corrected chi connectivity index (χ0v) is 13.2. The van der Waals surface area contributed by atoms with Gasteiger partial charge in [0.15, 0.2) is 9.84 Å². The number of ether oxygens (including phenoxy) is 2. The van der Waals surface area contributed by atoms with Gasteiger partial charge in [-0.15, -0.1) is 0 Å². The van der Waals surface area contributed by atoms with Gasteiger partial charge in [-0.2, -0.15) is 0 Å². The summed E-state index contributed by atoms with van der Waals surface area (Å²) < 4.78 is 34.9. The maximum atomic E-state index is 11.7. The molecule has 0 radical (unpaired) electrons. The Balaban J connectivity index is 1.94. The SMILES string of the molecule is CNC1CC2(CCS(=O)(=O)CC2)Oc2cc(OC)ccc21. The lowest BCUT2D eigenvalue weighted by Crippen LogP contribution is -2.48. The molecule has 1 saturated heterocycles. The first kappa shape index (κ1) is 14.7. The van der Waals surface area contributed by atoms with Crippen LogP contribution in [0.2, 0.25) is 0 Å². The Bertz CT molecular complexity index is 627. The first-order valence-electron chi connectivity index (χ1n) is 7.22. The molecule has 1 spiro atoms. The van der Waals surface area contributed by atoms with Gasteiger partial charge in [0.25, 0.3) is 0 Å². The lowest BCUT2D eigenvalue weighted by atomic mass is 9.83. The van der Waals surface area contributed by atoms with E-state index in [1.165, 1.54) is 0 Å². The standard InChI is InChI=1S/C15H21NO4S/c1-16-13-10-15(5-7-21(17,18)8-6-15)20-14-9-11(19-2)3-4-12(13)14/h3-4,9,13,16H,5-8,10H2,1-2H3. The molecule has 0 amide bonds. The van der Waals surface area contributed by atoms with Crippen molar-refractivity contribution in [3.63, 3.8) is 0 Å². The van der Waals surface area contributed by atoms with E-state index in [2.05, 4.69) is 5.32 Å². The minimum Gasteiger partial charge on any atom is -0.497 e. The second-order valence-corrected chi connectivity index (χ2v) is 8.19. The fraction of sp³-hybridized carbons (Fsp3) is 0.600. The minimum absolute atomic E-state index is 0.181. The van der Waals surface area contributed by atoms with E-state index in [1.807, 2.05) is 25.2 Å².